The van der Waals surface area contributed by atoms with E-state index in [-0.39, 0.29) is 5.82 Å². The van der Waals surface area contributed by atoms with Crippen LogP contribution >= 0.6 is 11.8 Å². The van der Waals surface area contributed by atoms with Crippen LogP contribution in [0.5, 0.6) is 0 Å². The minimum absolute atomic E-state index is 0.140. The molecule has 0 fully saturated rings. The Balaban J connectivity index is 2.00. The fraction of sp³-hybridized carbons (Fsp3) is 0.143. The average Bonchev–Trinajstić information content (AvgIpc) is 2.38. The summed E-state index contributed by atoms with van der Waals surface area (Å²) in [6.07, 6.45) is 0. The van der Waals surface area contributed by atoms with Crippen molar-refractivity contribution in [2.75, 3.05) is 0 Å². The zero-order valence-electron chi connectivity index (χ0n) is 9.40. The van der Waals surface area contributed by atoms with Gasteiger partial charge in [0.2, 0.25) is 0 Å². The lowest BCUT2D eigenvalue weighted by Gasteiger charge is -2.04. The fourth-order valence-corrected chi connectivity index (χ4v) is 2.38. The van der Waals surface area contributed by atoms with E-state index >= 15 is 0 Å². The zero-order valence-corrected chi connectivity index (χ0v) is 10.2. The Morgan fingerprint density at radius 2 is 1.71 bits per heavy atom. The summed E-state index contributed by atoms with van der Waals surface area (Å²) in [5, 5.41) is 0. The summed E-state index contributed by atoms with van der Waals surface area (Å²) in [6.45, 7) is 0.554. The molecule has 0 radical (unpaired) electrons. The van der Waals surface area contributed by atoms with E-state index in [2.05, 4.69) is 0 Å². The smallest absolute Gasteiger partial charge is 0.127 e. The standard InChI is InChI=1S/C14H14FNS/c15-14-4-2-1-3-12(14)10-17-13-7-5-11(9-16)6-8-13/h1-8H,9-10,16H2. The molecule has 0 aliphatic carbocycles. The van der Waals surface area contributed by atoms with Gasteiger partial charge in [-0.25, -0.2) is 4.39 Å². The molecular formula is C14H14FNS. The second kappa shape index (κ2) is 5.84. The Hall–Kier alpha value is -1.32. The first-order valence-electron chi connectivity index (χ1n) is 5.45. The third-order valence-electron chi connectivity index (χ3n) is 2.51. The lowest BCUT2D eigenvalue weighted by molar-refractivity contribution is 0.617. The second-order valence-electron chi connectivity index (χ2n) is 3.73. The second-order valence-corrected chi connectivity index (χ2v) is 4.78. The van der Waals surface area contributed by atoms with Crippen LogP contribution in [-0.4, -0.2) is 0 Å². The topological polar surface area (TPSA) is 26.0 Å². The lowest BCUT2D eigenvalue weighted by Crippen LogP contribution is -1.95. The number of hydrogen-bond acceptors (Lipinski definition) is 2. The Kier molecular flexibility index (Phi) is 4.18. The maximum atomic E-state index is 13.4. The maximum Gasteiger partial charge on any atom is 0.127 e. The summed E-state index contributed by atoms with van der Waals surface area (Å²) in [4.78, 5) is 1.13. The van der Waals surface area contributed by atoms with Gasteiger partial charge in [-0.15, -0.1) is 11.8 Å². The van der Waals surface area contributed by atoms with Gasteiger partial charge >= 0.3 is 0 Å². The SMILES string of the molecule is NCc1ccc(SCc2ccccc2F)cc1. The van der Waals surface area contributed by atoms with Gasteiger partial charge in [0.15, 0.2) is 0 Å². The Bertz CT molecular complexity index is 482. The molecule has 0 spiro atoms. The molecule has 0 unspecified atom stereocenters. The van der Waals surface area contributed by atoms with Crippen molar-refractivity contribution < 1.29 is 4.39 Å². The van der Waals surface area contributed by atoms with Crippen LogP contribution in [0.4, 0.5) is 4.39 Å². The van der Waals surface area contributed by atoms with E-state index in [0.717, 1.165) is 16.0 Å². The molecule has 3 heteroatoms. The molecule has 0 heterocycles. The van der Waals surface area contributed by atoms with E-state index in [0.29, 0.717) is 12.3 Å². The molecule has 2 aromatic carbocycles. The van der Waals surface area contributed by atoms with Crippen LogP contribution in [0, 0.1) is 5.82 Å². The summed E-state index contributed by atoms with van der Waals surface area (Å²) in [7, 11) is 0. The van der Waals surface area contributed by atoms with Crippen molar-refractivity contribution in [1.29, 1.82) is 0 Å². The molecule has 17 heavy (non-hydrogen) atoms. The van der Waals surface area contributed by atoms with Crippen LogP contribution < -0.4 is 5.73 Å². The van der Waals surface area contributed by atoms with Gasteiger partial charge in [-0.3, -0.25) is 0 Å². The summed E-state index contributed by atoms with van der Waals surface area (Å²) in [6, 6.07) is 14.9. The quantitative estimate of drug-likeness (QED) is 0.836. The van der Waals surface area contributed by atoms with E-state index in [1.165, 1.54) is 6.07 Å². The molecule has 0 aliphatic rings. The molecule has 0 aromatic heterocycles. The van der Waals surface area contributed by atoms with E-state index in [1.807, 2.05) is 36.4 Å². The number of nitrogens with two attached hydrogens (primary N) is 1. The summed E-state index contributed by atoms with van der Waals surface area (Å²) < 4.78 is 13.4. The number of hydrogen-bond donors (Lipinski definition) is 1. The predicted octanol–water partition coefficient (Wildman–Crippen LogP) is 3.58. The Morgan fingerprint density at radius 1 is 1.00 bits per heavy atom. The summed E-state index contributed by atoms with van der Waals surface area (Å²) >= 11 is 1.63. The molecule has 88 valence electrons. The highest BCUT2D eigenvalue weighted by atomic mass is 32.2. The zero-order chi connectivity index (χ0) is 12.1. The van der Waals surface area contributed by atoms with Crippen molar-refractivity contribution in [3.8, 4) is 0 Å². The first kappa shape index (κ1) is 12.1. The van der Waals surface area contributed by atoms with Gasteiger partial charge in [-0.1, -0.05) is 30.3 Å². The molecule has 0 atom stereocenters. The minimum atomic E-state index is -0.140. The van der Waals surface area contributed by atoms with Crippen molar-refractivity contribution in [2.45, 2.75) is 17.2 Å². The highest BCUT2D eigenvalue weighted by Crippen LogP contribution is 2.24. The summed E-state index contributed by atoms with van der Waals surface area (Å²) in [5.74, 6) is 0.507. The highest BCUT2D eigenvalue weighted by Gasteiger charge is 2.01. The predicted molar refractivity (Wildman–Crippen MR) is 70.3 cm³/mol. The fourth-order valence-electron chi connectivity index (χ4n) is 1.50. The molecule has 2 N–H and O–H groups in total. The van der Waals surface area contributed by atoms with Gasteiger partial charge < -0.3 is 5.73 Å². The minimum Gasteiger partial charge on any atom is -0.326 e. The molecule has 0 saturated heterocycles. The van der Waals surface area contributed by atoms with Gasteiger partial charge in [0.1, 0.15) is 5.82 Å². The average molecular weight is 247 g/mol. The molecule has 1 nitrogen and oxygen atoms in total. The Morgan fingerprint density at radius 3 is 2.35 bits per heavy atom. The van der Waals surface area contributed by atoms with Crippen molar-refractivity contribution in [2.24, 2.45) is 5.73 Å². The molecule has 2 aromatic rings. The van der Waals surface area contributed by atoms with Crippen molar-refractivity contribution in [3.63, 3.8) is 0 Å². The molecular weight excluding hydrogens is 233 g/mol. The number of benzene rings is 2. The van der Waals surface area contributed by atoms with Crippen LogP contribution in [-0.2, 0) is 12.3 Å². The van der Waals surface area contributed by atoms with Crippen molar-refractivity contribution in [3.05, 3.63) is 65.5 Å². The number of rotatable bonds is 4. The molecule has 2 rings (SSSR count). The third kappa shape index (κ3) is 3.32. The summed E-state index contributed by atoms with van der Waals surface area (Å²) in [5.41, 5.74) is 7.38. The number of halogens is 1. The molecule has 0 amide bonds. The van der Waals surface area contributed by atoms with E-state index in [1.54, 1.807) is 17.8 Å². The van der Waals surface area contributed by atoms with Crippen LogP contribution in [0.15, 0.2) is 53.4 Å². The normalized spacial score (nSPS) is 10.5. The van der Waals surface area contributed by atoms with Crippen molar-refractivity contribution in [1.82, 2.24) is 0 Å². The largest absolute Gasteiger partial charge is 0.326 e. The first-order valence-corrected chi connectivity index (χ1v) is 6.43. The van der Waals surface area contributed by atoms with E-state index < -0.39 is 0 Å². The molecule has 0 aliphatic heterocycles. The monoisotopic (exact) mass is 247 g/mol. The maximum absolute atomic E-state index is 13.4. The van der Waals surface area contributed by atoms with Gasteiger partial charge in [0.05, 0.1) is 0 Å². The highest BCUT2D eigenvalue weighted by molar-refractivity contribution is 7.98. The van der Waals surface area contributed by atoms with Gasteiger partial charge in [-0.05, 0) is 29.3 Å². The van der Waals surface area contributed by atoms with Crippen molar-refractivity contribution >= 4 is 11.8 Å². The van der Waals surface area contributed by atoms with Crippen LogP contribution in [0.3, 0.4) is 0 Å². The van der Waals surface area contributed by atoms with Crippen LogP contribution in [0.1, 0.15) is 11.1 Å². The van der Waals surface area contributed by atoms with Crippen LogP contribution in [0.25, 0.3) is 0 Å². The molecule has 0 saturated carbocycles. The Labute approximate surface area is 105 Å². The van der Waals surface area contributed by atoms with Crippen LogP contribution in [0.2, 0.25) is 0 Å². The number of thioether (sulfide) groups is 1. The third-order valence-corrected chi connectivity index (χ3v) is 3.57. The first-order chi connectivity index (χ1) is 8.29. The van der Waals surface area contributed by atoms with E-state index in [4.69, 9.17) is 5.73 Å². The molecule has 0 bridgehead atoms. The van der Waals surface area contributed by atoms with Gasteiger partial charge in [0.25, 0.3) is 0 Å². The van der Waals surface area contributed by atoms with E-state index in [9.17, 15) is 4.39 Å². The van der Waals surface area contributed by atoms with Gasteiger partial charge in [0, 0.05) is 17.2 Å². The lowest BCUT2D eigenvalue weighted by atomic mass is 10.2. The van der Waals surface area contributed by atoms with Gasteiger partial charge in [-0.2, -0.15) is 0 Å².